The average Bonchev–Trinajstić information content (AvgIpc) is 3.55. The molecule has 0 saturated heterocycles. The number of hydrogen-bond donors (Lipinski definition) is 0. The molecule has 0 amide bonds. The Morgan fingerprint density at radius 1 is 0.767 bits per heavy atom. The Balaban J connectivity index is 1.24. The molecule has 0 aliphatic heterocycles. The molecule has 3 aliphatic carbocycles. The molecule has 0 unspecified atom stereocenters. The zero-order valence-corrected chi connectivity index (χ0v) is 17.9. The van der Waals surface area contributed by atoms with Crippen LogP contribution < -0.4 is 4.74 Å². The molecule has 3 saturated carbocycles. The topological polar surface area (TPSA) is 9.23 Å². The summed E-state index contributed by atoms with van der Waals surface area (Å²) in [5.74, 6) is 0.0486. The Kier molecular flexibility index (Phi) is 6.64. The van der Waals surface area contributed by atoms with Gasteiger partial charge in [-0.3, -0.25) is 0 Å². The van der Waals surface area contributed by atoms with Crippen LogP contribution in [0.15, 0.2) is 12.1 Å². The third kappa shape index (κ3) is 5.31. The predicted octanol–water partition coefficient (Wildman–Crippen LogP) is 8.05. The van der Waals surface area contributed by atoms with Gasteiger partial charge in [-0.2, -0.15) is 8.78 Å². The van der Waals surface area contributed by atoms with Gasteiger partial charge >= 0.3 is 6.11 Å². The number of benzene rings is 1. The first kappa shape index (κ1) is 22.0. The number of rotatable bonds is 7. The summed E-state index contributed by atoms with van der Waals surface area (Å²) >= 11 is 0. The molecule has 30 heavy (non-hydrogen) atoms. The zero-order chi connectivity index (χ0) is 21.3. The first-order valence-corrected chi connectivity index (χ1v) is 11.8. The third-order valence-electron chi connectivity index (χ3n) is 7.99. The van der Waals surface area contributed by atoms with Crippen molar-refractivity contribution in [3.8, 4) is 5.75 Å². The van der Waals surface area contributed by atoms with Crippen molar-refractivity contribution in [3.63, 3.8) is 0 Å². The molecule has 3 fully saturated rings. The highest BCUT2D eigenvalue weighted by molar-refractivity contribution is 5.30. The van der Waals surface area contributed by atoms with Crippen LogP contribution >= 0.6 is 0 Å². The highest BCUT2D eigenvalue weighted by Gasteiger charge is 2.45. The van der Waals surface area contributed by atoms with E-state index in [1.165, 1.54) is 58.3 Å². The molecule has 0 spiro atoms. The molecule has 1 aromatic rings. The van der Waals surface area contributed by atoms with Crippen molar-refractivity contribution in [2.24, 2.45) is 29.6 Å². The molecule has 4 rings (SSSR count). The van der Waals surface area contributed by atoms with Crippen molar-refractivity contribution in [1.29, 1.82) is 0 Å². The summed E-state index contributed by atoms with van der Waals surface area (Å²) in [6, 6.07) is 1.69. The fraction of sp³-hybridized carbons (Fsp3) is 0.760. The molecule has 0 radical (unpaired) electrons. The van der Waals surface area contributed by atoms with E-state index in [0.29, 0.717) is 24.7 Å². The summed E-state index contributed by atoms with van der Waals surface area (Å²) in [4.78, 5) is 0. The maximum Gasteiger partial charge on any atom is 0.400 e. The molecule has 168 valence electrons. The van der Waals surface area contributed by atoms with Crippen LogP contribution in [-0.2, 0) is 0 Å². The van der Waals surface area contributed by atoms with Crippen LogP contribution in [0.1, 0.15) is 82.6 Å². The van der Waals surface area contributed by atoms with E-state index in [2.05, 4.69) is 0 Å². The fourth-order valence-electron chi connectivity index (χ4n) is 5.67. The SMILES string of the molecule is Cc1c(F)cc(OC(F)(F)C2CCC(C3CCC(CCC4CC4)CC3)CC2)cc1F. The van der Waals surface area contributed by atoms with Gasteiger partial charge in [0.05, 0.1) is 5.92 Å². The van der Waals surface area contributed by atoms with E-state index in [-0.39, 0.29) is 5.56 Å². The van der Waals surface area contributed by atoms with Gasteiger partial charge in [0.15, 0.2) is 0 Å². The highest BCUT2D eigenvalue weighted by Crippen LogP contribution is 2.46. The van der Waals surface area contributed by atoms with Gasteiger partial charge in [-0.25, -0.2) is 8.78 Å². The van der Waals surface area contributed by atoms with E-state index >= 15 is 0 Å². The van der Waals surface area contributed by atoms with Gasteiger partial charge in [0.2, 0.25) is 0 Å². The van der Waals surface area contributed by atoms with Crippen molar-refractivity contribution in [2.45, 2.75) is 90.1 Å². The Morgan fingerprint density at radius 3 is 1.67 bits per heavy atom. The molecule has 0 aromatic heterocycles. The van der Waals surface area contributed by atoms with Gasteiger partial charge in [-0.05, 0) is 69.1 Å². The Hall–Kier alpha value is -1.26. The summed E-state index contributed by atoms with van der Waals surface area (Å²) in [7, 11) is 0. The molecule has 1 aromatic carbocycles. The van der Waals surface area contributed by atoms with Gasteiger partial charge in [0.1, 0.15) is 17.4 Å². The minimum absolute atomic E-state index is 0.187. The normalized spacial score (nSPS) is 30.3. The zero-order valence-electron chi connectivity index (χ0n) is 17.9. The van der Waals surface area contributed by atoms with Gasteiger partial charge in [-0.1, -0.05) is 38.5 Å². The summed E-state index contributed by atoms with van der Waals surface area (Å²) < 4.78 is 61.5. The van der Waals surface area contributed by atoms with Gasteiger partial charge in [0, 0.05) is 17.7 Å². The van der Waals surface area contributed by atoms with Crippen LogP contribution in [0.25, 0.3) is 0 Å². The Bertz CT molecular complexity index is 691. The summed E-state index contributed by atoms with van der Waals surface area (Å²) in [6.45, 7) is 1.27. The molecule has 5 heteroatoms. The Labute approximate surface area is 177 Å². The molecular weight excluding hydrogens is 392 g/mol. The second kappa shape index (κ2) is 9.08. The van der Waals surface area contributed by atoms with E-state index in [4.69, 9.17) is 4.74 Å². The van der Waals surface area contributed by atoms with Crippen molar-refractivity contribution >= 4 is 0 Å². The number of alkyl halides is 2. The van der Waals surface area contributed by atoms with E-state index in [1.807, 2.05) is 0 Å². The largest absolute Gasteiger partial charge is 0.432 e. The molecular formula is C25H34F4O. The average molecular weight is 427 g/mol. The highest BCUT2D eigenvalue weighted by atomic mass is 19.3. The van der Waals surface area contributed by atoms with E-state index in [9.17, 15) is 17.6 Å². The van der Waals surface area contributed by atoms with Crippen LogP contribution in [0.2, 0.25) is 0 Å². The minimum Gasteiger partial charge on any atom is -0.432 e. The summed E-state index contributed by atoms with van der Waals surface area (Å²) in [6.07, 6.45) is 9.79. The second-order valence-electron chi connectivity index (χ2n) is 10.1. The van der Waals surface area contributed by atoms with E-state index in [1.54, 1.807) is 0 Å². The molecule has 0 heterocycles. The van der Waals surface area contributed by atoms with Crippen LogP contribution in [0, 0.1) is 48.1 Å². The van der Waals surface area contributed by atoms with Gasteiger partial charge < -0.3 is 4.74 Å². The van der Waals surface area contributed by atoms with Crippen molar-refractivity contribution in [2.75, 3.05) is 0 Å². The standard InChI is InChI=1S/C25H34F4O/c1-16-23(26)14-22(15-24(16)27)30-25(28,29)21-12-10-20(11-13-21)19-8-6-18(7-9-19)5-4-17-2-3-17/h14-15,17-21H,2-13H2,1H3. The molecule has 0 N–H and O–H groups in total. The lowest BCUT2D eigenvalue weighted by molar-refractivity contribution is -0.224. The molecule has 0 atom stereocenters. The summed E-state index contributed by atoms with van der Waals surface area (Å²) in [5.41, 5.74) is -0.187. The third-order valence-corrected chi connectivity index (χ3v) is 7.99. The summed E-state index contributed by atoms with van der Waals surface area (Å²) in [5, 5.41) is 0. The van der Waals surface area contributed by atoms with Gasteiger partial charge in [-0.15, -0.1) is 0 Å². The predicted molar refractivity (Wildman–Crippen MR) is 110 cm³/mol. The van der Waals surface area contributed by atoms with E-state index in [0.717, 1.165) is 36.8 Å². The molecule has 3 aliphatic rings. The fourth-order valence-corrected chi connectivity index (χ4v) is 5.67. The monoisotopic (exact) mass is 426 g/mol. The first-order chi connectivity index (χ1) is 14.3. The van der Waals surface area contributed by atoms with Crippen LogP contribution in [-0.4, -0.2) is 6.11 Å². The van der Waals surface area contributed by atoms with Crippen molar-refractivity contribution in [1.82, 2.24) is 0 Å². The lowest BCUT2D eigenvalue weighted by Gasteiger charge is -2.39. The van der Waals surface area contributed by atoms with E-state index < -0.39 is 29.4 Å². The smallest absolute Gasteiger partial charge is 0.400 e. The minimum atomic E-state index is -3.40. The lowest BCUT2D eigenvalue weighted by atomic mass is 9.68. The molecule has 0 bridgehead atoms. The van der Waals surface area contributed by atoms with Gasteiger partial charge in [0.25, 0.3) is 0 Å². The number of hydrogen-bond acceptors (Lipinski definition) is 1. The first-order valence-electron chi connectivity index (χ1n) is 11.8. The van der Waals surface area contributed by atoms with Crippen molar-refractivity contribution < 1.29 is 22.3 Å². The van der Waals surface area contributed by atoms with Crippen LogP contribution in [0.3, 0.4) is 0 Å². The Morgan fingerprint density at radius 2 is 1.20 bits per heavy atom. The van der Waals surface area contributed by atoms with Crippen molar-refractivity contribution in [3.05, 3.63) is 29.3 Å². The van der Waals surface area contributed by atoms with Crippen LogP contribution in [0.4, 0.5) is 17.6 Å². The quantitative estimate of drug-likeness (QED) is 0.401. The maximum absolute atomic E-state index is 14.7. The number of halogens is 4. The lowest BCUT2D eigenvalue weighted by Crippen LogP contribution is -2.38. The molecule has 1 nitrogen and oxygen atoms in total. The maximum atomic E-state index is 14.7. The second-order valence-corrected chi connectivity index (χ2v) is 10.1. The van der Waals surface area contributed by atoms with Crippen LogP contribution in [0.5, 0.6) is 5.75 Å². The number of ether oxygens (including phenoxy) is 1.